The van der Waals surface area contributed by atoms with Gasteiger partial charge in [-0.25, -0.2) is 4.98 Å². The summed E-state index contributed by atoms with van der Waals surface area (Å²) < 4.78 is 37.8. The molecule has 1 aromatic rings. The highest BCUT2D eigenvalue weighted by molar-refractivity contribution is 6.30. The number of nitro groups is 1. The number of anilines is 1. The van der Waals surface area contributed by atoms with Gasteiger partial charge in [-0.2, -0.15) is 13.2 Å². The molecule has 1 heterocycles. The third kappa shape index (κ3) is 4.20. The zero-order valence-corrected chi connectivity index (χ0v) is 11.2. The van der Waals surface area contributed by atoms with E-state index < -0.39 is 38.9 Å². The minimum absolute atomic E-state index is 0.150. The van der Waals surface area contributed by atoms with Crippen molar-refractivity contribution in [3.05, 3.63) is 26.9 Å². The quantitative estimate of drug-likeness (QED) is 0.507. The third-order valence-corrected chi connectivity index (χ3v) is 2.43. The summed E-state index contributed by atoms with van der Waals surface area (Å²) in [7, 11) is 0. The van der Waals surface area contributed by atoms with Crippen molar-refractivity contribution in [2.75, 3.05) is 11.9 Å². The number of halogens is 4. The van der Waals surface area contributed by atoms with Crippen LogP contribution in [0.1, 0.15) is 19.4 Å². The Kier molecular flexibility index (Phi) is 4.45. The molecule has 0 amide bonds. The lowest BCUT2D eigenvalue weighted by atomic mass is 10.1. The third-order valence-electron chi connectivity index (χ3n) is 2.15. The summed E-state index contributed by atoms with van der Waals surface area (Å²) in [6.07, 6.45) is -4.84. The predicted molar refractivity (Wildman–Crippen MR) is 65.7 cm³/mol. The van der Waals surface area contributed by atoms with Gasteiger partial charge in [-0.15, -0.1) is 0 Å². The van der Waals surface area contributed by atoms with Crippen molar-refractivity contribution in [1.29, 1.82) is 0 Å². The molecule has 2 N–H and O–H groups in total. The predicted octanol–water partition coefficient (Wildman–Crippen LogP) is 2.84. The molecule has 0 aliphatic rings. The van der Waals surface area contributed by atoms with Crippen LogP contribution < -0.4 is 5.32 Å². The number of aromatic nitrogens is 1. The lowest BCUT2D eigenvalue weighted by Crippen LogP contribution is -2.30. The lowest BCUT2D eigenvalue weighted by Gasteiger charge is -2.18. The fraction of sp³-hybridized carbons (Fsp3) is 0.500. The first-order valence-corrected chi connectivity index (χ1v) is 5.68. The fourth-order valence-electron chi connectivity index (χ4n) is 1.25. The van der Waals surface area contributed by atoms with Crippen LogP contribution in [0.4, 0.5) is 24.7 Å². The molecule has 1 aromatic heterocycles. The summed E-state index contributed by atoms with van der Waals surface area (Å²) in [5.41, 5.74) is -3.49. The van der Waals surface area contributed by atoms with E-state index in [1.807, 2.05) is 0 Å². The van der Waals surface area contributed by atoms with E-state index in [4.69, 9.17) is 11.6 Å². The molecule has 0 fully saturated rings. The summed E-state index contributed by atoms with van der Waals surface area (Å²) in [4.78, 5) is 13.1. The molecular formula is C10H11ClF3N3O3. The molecule has 112 valence electrons. The largest absolute Gasteiger partial charge is 0.419 e. The average Bonchev–Trinajstić information content (AvgIpc) is 2.23. The number of nitrogens with one attached hydrogen (secondary N) is 1. The average molecular weight is 314 g/mol. The van der Waals surface area contributed by atoms with Gasteiger partial charge in [0.25, 0.3) is 0 Å². The molecule has 0 aliphatic carbocycles. The topological polar surface area (TPSA) is 88.3 Å². The van der Waals surface area contributed by atoms with Crippen molar-refractivity contribution in [3.8, 4) is 0 Å². The maximum absolute atomic E-state index is 12.6. The Hall–Kier alpha value is -1.61. The Morgan fingerprint density at radius 2 is 2.05 bits per heavy atom. The number of nitrogens with zero attached hydrogens (tertiary/aromatic N) is 2. The van der Waals surface area contributed by atoms with Crippen molar-refractivity contribution < 1.29 is 23.2 Å². The van der Waals surface area contributed by atoms with E-state index in [2.05, 4.69) is 10.3 Å². The van der Waals surface area contributed by atoms with Crippen LogP contribution in [0.25, 0.3) is 0 Å². The normalized spacial score (nSPS) is 12.3. The van der Waals surface area contributed by atoms with Crippen LogP contribution in [0.5, 0.6) is 0 Å². The van der Waals surface area contributed by atoms with Crippen LogP contribution in [0.3, 0.4) is 0 Å². The molecule has 20 heavy (non-hydrogen) atoms. The number of pyridine rings is 1. The van der Waals surface area contributed by atoms with Crippen LogP contribution in [0, 0.1) is 10.1 Å². The number of alkyl halides is 3. The standard InChI is InChI=1S/C10H11ClF3N3O3/c1-9(2,18)4-15-8-6(17(19)20)3-5(7(11)16-8)10(12,13)14/h3,18H,4H2,1-2H3,(H,15,16). The van der Waals surface area contributed by atoms with Gasteiger partial charge in [-0.3, -0.25) is 10.1 Å². The van der Waals surface area contributed by atoms with Crippen LogP contribution >= 0.6 is 11.6 Å². The van der Waals surface area contributed by atoms with Crippen LogP contribution in [-0.2, 0) is 6.18 Å². The van der Waals surface area contributed by atoms with E-state index in [0.29, 0.717) is 6.07 Å². The minimum atomic E-state index is -4.84. The van der Waals surface area contributed by atoms with Gasteiger partial charge in [0.15, 0.2) is 0 Å². The highest BCUT2D eigenvalue weighted by Crippen LogP contribution is 2.38. The number of hydrogen-bond acceptors (Lipinski definition) is 5. The highest BCUT2D eigenvalue weighted by atomic mass is 35.5. The van der Waals surface area contributed by atoms with Gasteiger partial charge >= 0.3 is 11.9 Å². The first-order chi connectivity index (χ1) is 8.92. The summed E-state index contributed by atoms with van der Waals surface area (Å²) in [5.74, 6) is -0.435. The molecule has 0 atom stereocenters. The van der Waals surface area contributed by atoms with Crippen LogP contribution in [0.2, 0.25) is 5.15 Å². The molecule has 0 saturated carbocycles. The Morgan fingerprint density at radius 3 is 2.45 bits per heavy atom. The van der Waals surface area contributed by atoms with Gasteiger partial charge in [0.2, 0.25) is 5.82 Å². The summed E-state index contributed by atoms with van der Waals surface area (Å²) in [6.45, 7) is 2.68. The van der Waals surface area contributed by atoms with E-state index >= 15 is 0 Å². The van der Waals surface area contributed by atoms with Gasteiger partial charge in [0, 0.05) is 12.6 Å². The Morgan fingerprint density at radius 1 is 1.50 bits per heavy atom. The second-order valence-corrected chi connectivity index (χ2v) is 4.97. The Bertz CT molecular complexity index is 529. The van der Waals surface area contributed by atoms with Crippen LogP contribution in [-0.4, -0.2) is 27.2 Å². The smallest absolute Gasteiger partial charge is 0.389 e. The second kappa shape index (κ2) is 5.41. The number of rotatable bonds is 4. The highest BCUT2D eigenvalue weighted by Gasteiger charge is 2.37. The molecule has 0 unspecified atom stereocenters. The van der Waals surface area contributed by atoms with Crippen molar-refractivity contribution >= 4 is 23.1 Å². The maximum Gasteiger partial charge on any atom is 0.419 e. The molecular weight excluding hydrogens is 303 g/mol. The van der Waals surface area contributed by atoms with Gasteiger partial charge in [0.1, 0.15) is 5.15 Å². The van der Waals surface area contributed by atoms with Crippen molar-refractivity contribution in [2.45, 2.75) is 25.6 Å². The number of aliphatic hydroxyl groups is 1. The summed E-state index contributed by atoms with van der Waals surface area (Å²) >= 11 is 5.38. The molecule has 0 spiro atoms. The van der Waals surface area contributed by atoms with E-state index in [0.717, 1.165) is 0 Å². The first-order valence-electron chi connectivity index (χ1n) is 5.30. The van der Waals surface area contributed by atoms with Crippen molar-refractivity contribution in [1.82, 2.24) is 4.98 Å². The molecule has 10 heteroatoms. The lowest BCUT2D eigenvalue weighted by molar-refractivity contribution is -0.384. The van der Waals surface area contributed by atoms with Gasteiger partial charge in [0.05, 0.1) is 16.1 Å². The fourth-order valence-corrected chi connectivity index (χ4v) is 1.49. The second-order valence-electron chi connectivity index (χ2n) is 4.62. The zero-order chi connectivity index (χ0) is 15.7. The molecule has 0 aliphatic heterocycles. The van der Waals surface area contributed by atoms with Gasteiger partial charge < -0.3 is 10.4 Å². The molecule has 6 nitrogen and oxygen atoms in total. The van der Waals surface area contributed by atoms with Crippen molar-refractivity contribution in [3.63, 3.8) is 0 Å². The Labute approximate surface area is 116 Å². The molecule has 0 aromatic carbocycles. The molecule has 0 radical (unpaired) electrons. The molecule has 0 bridgehead atoms. The van der Waals surface area contributed by atoms with E-state index in [-0.39, 0.29) is 6.54 Å². The Balaban J connectivity index is 3.25. The summed E-state index contributed by atoms with van der Waals surface area (Å²) in [5, 5.41) is 21.8. The summed E-state index contributed by atoms with van der Waals surface area (Å²) in [6, 6.07) is 0.308. The van der Waals surface area contributed by atoms with Crippen molar-refractivity contribution in [2.24, 2.45) is 0 Å². The SMILES string of the molecule is CC(C)(O)CNc1nc(Cl)c(C(F)(F)F)cc1[N+](=O)[O-]. The van der Waals surface area contributed by atoms with Crippen LogP contribution in [0.15, 0.2) is 6.07 Å². The van der Waals surface area contributed by atoms with Gasteiger partial charge in [-0.05, 0) is 13.8 Å². The molecule has 0 saturated heterocycles. The van der Waals surface area contributed by atoms with Gasteiger partial charge in [-0.1, -0.05) is 11.6 Å². The van der Waals surface area contributed by atoms with E-state index in [9.17, 15) is 28.4 Å². The number of hydrogen-bond donors (Lipinski definition) is 2. The maximum atomic E-state index is 12.6. The van der Waals surface area contributed by atoms with E-state index in [1.165, 1.54) is 13.8 Å². The monoisotopic (exact) mass is 313 g/mol. The van der Waals surface area contributed by atoms with E-state index in [1.54, 1.807) is 0 Å². The zero-order valence-electron chi connectivity index (χ0n) is 10.5. The first kappa shape index (κ1) is 16.4. The minimum Gasteiger partial charge on any atom is -0.389 e. The molecule has 1 rings (SSSR count).